The van der Waals surface area contributed by atoms with E-state index in [1.165, 1.54) is 11.3 Å². The molecule has 1 aliphatic rings. The van der Waals surface area contributed by atoms with Crippen LogP contribution < -0.4 is 19.5 Å². The average molecular weight is 496 g/mol. The number of nitrogens with one attached hydrogen (secondary N) is 1. The summed E-state index contributed by atoms with van der Waals surface area (Å²) in [4.78, 5) is 13.5. The summed E-state index contributed by atoms with van der Waals surface area (Å²) >= 11 is 7.48. The van der Waals surface area contributed by atoms with Gasteiger partial charge in [-0.15, -0.1) is 11.3 Å². The molecule has 0 saturated carbocycles. The van der Waals surface area contributed by atoms with Crippen molar-refractivity contribution < 1.29 is 19.0 Å². The monoisotopic (exact) mass is 495 g/mol. The summed E-state index contributed by atoms with van der Waals surface area (Å²) in [5, 5.41) is 10.2. The van der Waals surface area contributed by atoms with E-state index < -0.39 is 0 Å². The minimum atomic E-state index is -0.173. The Morgan fingerprint density at radius 3 is 2.85 bits per heavy atom. The maximum atomic E-state index is 12.9. The SMILES string of the molecule is Cc1nn(Cc2cccc(Cl)c2)c(C)c1NC(=O)c1cc(COc2ccc3c(c2)OCO3)cs1. The van der Waals surface area contributed by atoms with E-state index in [4.69, 9.17) is 25.8 Å². The van der Waals surface area contributed by atoms with Crippen LogP contribution in [0.1, 0.15) is 32.2 Å². The van der Waals surface area contributed by atoms with E-state index >= 15 is 0 Å². The van der Waals surface area contributed by atoms with E-state index in [9.17, 15) is 4.79 Å². The third kappa shape index (κ3) is 4.73. The Kier molecular flexibility index (Phi) is 6.17. The van der Waals surface area contributed by atoms with Crippen molar-refractivity contribution in [1.82, 2.24) is 9.78 Å². The lowest BCUT2D eigenvalue weighted by atomic mass is 10.2. The van der Waals surface area contributed by atoms with Gasteiger partial charge in [0.15, 0.2) is 11.5 Å². The number of carbonyl (C=O) groups is 1. The fourth-order valence-electron chi connectivity index (χ4n) is 3.72. The van der Waals surface area contributed by atoms with Crippen LogP contribution in [0.5, 0.6) is 17.2 Å². The molecule has 0 unspecified atom stereocenters. The number of thiophene rings is 1. The van der Waals surface area contributed by atoms with Crippen molar-refractivity contribution in [2.75, 3.05) is 12.1 Å². The van der Waals surface area contributed by atoms with E-state index in [2.05, 4.69) is 10.4 Å². The zero-order valence-corrected chi connectivity index (χ0v) is 20.2. The minimum absolute atomic E-state index is 0.173. The first-order valence-electron chi connectivity index (χ1n) is 10.7. The second-order valence-corrected chi connectivity index (χ2v) is 9.26. The molecule has 4 aromatic rings. The van der Waals surface area contributed by atoms with E-state index in [0.717, 1.165) is 28.2 Å². The Balaban J connectivity index is 1.23. The molecule has 9 heteroatoms. The molecule has 0 saturated heterocycles. The number of hydrogen-bond acceptors (Lipinski definition) is 6. The highest BCUT2D eigenvalue weighted by atomic mass is 35.5. The van der Waals surface area contributed by atoms with Gasteiger partial charge in [-0.1, -0.05) is 23.7 Å². The molecular weight excluding hydrogens is 474 g/mol. The van der Waals surface area contributed by atoms with Crippen molar-refractivity contribution in [1.29, 1.82) is 0 Å². The Morgan fingerprint density at radius 1 is 1.15 bits per heavy atom. The van der Waals surface area contributed by atoms with Crippen LogP contribution in [0.3, 0.4) is 0 Å². The molecule has 7 nitrogen and oxygen atoms in total. The summed E-state index contributed by atoms with van der Waals surface area (Å²) < 4.78 is 18.4. The van der Waals surface area contributed by atoms with Crippen molar-refractivity contribution in [3.8, 4) is 17.2 Å². The van der Waals surface area contributed by atoms with Gasteiger partial charge in [-0.3, -0.25) is 9.48 Å². The van der Waals surface area contributed by atoms with Crippen molar-refractivity contribution in [2.24, 2.45) is 0 Å². The summed E-state index contributed by atoms with van der Waals surface area (Å²) in [5.74, 6) is 1.89. The summed E-state index contributed by atoms with van der Waals surface area (Å²) in [7, 11) is 0. The van der Waals surface area contributed by atoms with Crippen LogP contribution in [0.4, 0.5) is 5.69 Å². The topological polar surface area (TPSA) is 74.6 Å². The molecule has 0 fully saturated rings. The normalized spacial score (nSPS) is 12.1. The highest BCUT2D eigenvalue weighted by Gasteiger charge is 2.18. The highest BCUT2D eigenvalue weighted by molar-refractivity contribution is 7.12. The van der Waals surface area contributed by atoms with E-state index in [1.807, 2.05) is 66.4 Å². The lowest BCUT2D eigenvalue weighted by Gasteiger charge is -2.07. The van der Waals surface area contributed by atoms with Crippen molar-refractivity contribution in [2.45, 2.75) is 27.0 Å². The number of fused-ring (bicyclic) bond motifs is 1. The molecular formula is C25H22ClN3O4S. The number of aromatic nitrogens is 2. The first-order valence-corrected chi connectivity index (χ1v) is 11.9. The molecule has 1 aliphatic heterocycles. The van der Waals surface area contributed by atoms with Crippen molar-refractivity contribution >= 4 is 34.5 Å². The average Bonchev–Trinajstić information content (AvgIpc) is 3.54. The minimum Gasteiger partial charge on any atom is -0.489 e. The summed E-state index contributed by atoms with van der Waals surface area (Å²) in [6, 6.07) is 15.0. The van der Waals surface area contributed by atoms with Gasteiger partial charge in [0.05, 0.1) is 28.5 Å². The molecule has 0 atom stereocenters. The fraction of sp³-hybridized carbons (Fsp3) is 0.200. The van der Waals surface area contributed by atoms with Gasteiger partial charge in [0.1, 0.15) is 12.4 Å². The molecule has 2 aromatic heterocycles. The number of carbonyl (C=O) groups excluding carboxylic acids is 1. The molecule has 2 aromatic carbocycles. The second-order valence-electron chi connectivity index (χ2n) is 7.91. The van der Waals surface area contributed by atoms with Gasteiger partial charge >= 0.3 is 0 Å². The Hall–Kier alpha value is -3.49. The quantitative estimate of drug-likeness (QED) is 0.349. The number of hydrogen-bond donors (Lipinski definition) is 1. The lowest BCUT2D eigenvalue weighted by Crippen LogP contribution is -2.12. The van der Waals surface area contributed by atoms with Crippen molar-refractivity contribution in [3.63, 3.8) is 0 Å². The number of amides is 1. The highest BCUT2D eigenvalue weighted by Crippen LogP contribution is 2.35. The van der Waals surface area contributed by atoms with E-state index in [1.54, 1.807) is 6.07 Å². The summed E-state index contributed by atoms with van der Waals surface area (Å²) in [6.45, 7) is 4.97. The predicted molar refractivity (Wildman–Crippen MR) is 131 cm³/mol. The molecule has 1 N–H and O–H groups in total. The van der Waals surface area contributed by atoms with Crippen LogP contribution in [-0.2, 0) is 13.2 Å². The van der Waals surface area contributed by atoms with Gasteiger partial charge in [-0.25, -0.2) is 0 Å². The van der Waals surface area contributed by atoms with Crippen LogP contribution in [-0.4, -0.2) is 22.5 Å². The molecule has 0 bridgehead atoms. The van der Waals surface area contributed by atoms with Gasteiger partial charge in [-0.2, -0.15) is 5.10 Å². The van der Waals surface area contributed by atoms with Crippen LogP contribution in [0.2, 0.25) is 5.02 Å². The number of nitrogens with zero attached hydrogens (tertiary/aromatic N) is 2. The molecule has 0 spiro atoms. The van der Waals surface area contributed by atoms with E-state index in [0.29, 0.717) is 40.3 Å². The molecule has 174 valence electrons. The number of ether oxygens (including phenoxy) is 3. The van der Waals surface area contributed by atoms with Gasteiger partial charge in [0.2, 0.25) is 6.79 Å². The van der Waals surface area contributed by atoms with E-state index in [-0.39, 0.29) is 12.7 Å². The maximum absolute atomic E-state index is 12.9. The molecule has 3 heterocycles. The van der Waals surface area contributed by atoms with Crippen LogP contribution in [0, 0.1) is 13.8 Å². The summed E-state index contributed by atoms with van der Waals surface area (Å²) in [5.41, 5.74) is 4.32. The third-order valence-corrected chi connectivity index (χ3v) is 6.68. The molecule has 1 amide bonds. The number of benzene rings is 2. The number of aryl methyl sites for hydroxylation is 1. The fourth-order valence-corrected chi connectivity index (χ4v) is 4.72. The first-order chi connectivity index (χ1) is 16.5. The predicted octanol–water partition coefficient (Wildman–Crippen LogP) is 5.82. The standard InChI is InChI=1S/C25H22ClN3O4S/c1-15-24(16(2)29(28-15)11-17-4-3-5-19(26)8-17)27-25(30)23-9-18(13-34-23)12-31-20-6-7-21-22(10-20)33-14-32-21/h3-10,13H,11-12,14H2,1-2H3,(H,27,30). The largest absolute Gasteiger partial charge is 0.489 e. The Bertz CT molecular complexity index is 1360. The third-order valence-electron chi connectivity index (χ3n) is 5.47. The zero-order chi connectivity index (χ0) is 23.7. The second kappa shape index (κ2) is 9.40. The number of rotatable bonds is 7. The first kappa shape index (κ1) is 22.3. The van der Waals surface area contributed by atoms with Gasteiger partial charge < -0.3 is 19.5 Å². The van der Waals surface area contributed by atoms with Gasteiger partial charge in [0.25, 0.3) is 5.91 Å². The summed E-state index contributed by atoms with van der Waals surface area (Å²) in [6.07, 6.45) is 0. The van der Waals surface area contributed by atoms with Gasteiger partial charge in [-0.05, 0) is 55.1 Å². The molecule has 0 radical (unpaired) electrons. The Labute approximate surface area is 205 Å². The molecule has 0 aliphatic carbocycles. The van der Waals surface area contributed by atoms with Crippen LogP contribution in [0.25, 0.3) is 0 Å². The number of halogens is 1. The Morgan fingerprint density at radius 2 is 2.00 bits per heavy atom. The smallest absolute Gasteiger partial charge is 0.265 e. The number of anilines is 1. The van der Waals surface area contributed by atoms with Crippen LogP contribution >= 0.6 is 22.9 Å². The lowest BCUT2D eigenvalue weighted by molar-refractivity contribution is 0.103. The molecule has 5 rings (SSSR count). The maximum Gasteiger partial charge on any atom is 0.265 e. The van der Waals surface area contributed by atoms with Crippen molar-refractivity contribution in [3.05, 3.63) is 86.3 Å². The van der Waals surface area contributed by atoms with Gasteiger partial charge in [0, 0.05) is 16.7 Å². The molecule has 34 heavy (non-hydrogen) atoms. The zero-order valence-electron chi connectivity index (χ0n) is 18.6. The van der Waals surface area contributed by atoms with Crippen LogP contribution in [0.15, 0.2) is 53.9 Å².